The summed E-state index contributed by atoms with van der Waals surface area (Å²) < 4.78 is 22.0. The molecule has 0 bridgehead atoms. The predicted octanol–water partition coefficient (Wildman–Crippen LogP) is 0.610. The second kappa shape index (κ2) is 7.47. The molecule has 0 saturated heterocycles. The Labute approximate surface area is 120 Å². The molecule has 0 radical (unpaired) electrons. The molecule has 0 aromatic rings. The Kier molecular flexibility index (Phi) is 6.98. The van der Waals surface area contributed by atoms with E-state index in [-0.39, 0.29) is 17.6 Å². The number of carboxylic acids is 1. The number of aliphatic carboxylic acids is 1. The highest BCUT2D eigenvalue weighted by Crippen LogP contribution is 2.16. The van der Waals surface area contributed by atoms with Gasteiger partial charge in [-0.25, -0.2) is 18.0 Å². The van der Waals surface area contributed by atoms with Gasteiger partial charge in [-0.3, -0.25) is 0 Å². The molecular formula is C12H24N2O5S. The minimum Gasteiger partial charge on any atom is -0.480 e. The minimum atomic E-state index is -3.26. The molecule has 1 atom stereocenters. The molecule has 0 saturated carbocycles. The highest BCUT2D eigenvalue weighted by Gasteiger charge is 2.21. The SMILES string of the molecule is CC(C)(C)CCNC(=O)NC(CCS(C)(=O)=O)C(=O)O. The number of carbonyl (C=O) groups excluding carboxylic acids is 1. The van der Waals surface area contributed by atoms with Crippen LogP contribution in [0.2, 0.25) is 0 Å². The lowest BCUT2D eigenvalue weighted by Crippen LogP contribution is -2.47. The molecule has 0 rings (SSSR count). The van der Waals surface area contributed by atoms with E-state index in [1.807, 2.05) is 20.8 Å². The van der Waals surface area contributed by atoms with Gasteiger partial charge in [0.05, 0.1) is 5.75 Å². The summed E-state index contributed by atoms with van der Waals surface area (Å²) in [6.45, 7) is 6.50. The van der Waals surface area contributed by atoms with Crippen LogP contribution in [0.4, 0.5) is 4.79 Å². The van der Waals surface area contributed by atoms with E-state index in [2.05, 4.69) is 10.6 Å². The maximum atomic E-state index is 11.5. The molecule has 118 valence electrons. The van der Waals surface area contributed by atoms with Crippen molar-refractivity contribution in [3.05, 3.63) is 0 Å². The molecule has 0 aromatic carbocycles. The molecule has 3 N–H and O–H groups in total. The molecule has 0 spiro atoms. The lowest BCUT2D eigenvalue weighted by atomic mass is 9.92. The first-order chi connectivity index (χ1) is 8.91. The lowest BCUT2D eigenvalue weighted by molar-refractivity contribution is -0.139. The summed E-state index contributed by atoms with van der Waals surface area (Å²) in [5, 5.41) is 13.8. The van der Waals surface area contributed by atoms with Crippen LogP contribution in [0.1, 0.15) is 33.6 Å². The largest absolute Gasteiger partial charge is 0.480 e. The van der Waals surface area contributed by atoms with Gasteiger partial charge in [0.1, 0.15) is 15.9 Å². The summed E-state index contributed by atoms with van der Waals surface area (Å²) in [5.74, 6) is -1.54. The van der Waals surface area contributed by atoms with E-state index >= 15 is 0 Å². The van der Waals surface area contributed by atoms with Crippen LogP contribution < -0.4 is 10.6 Å². The normalized spacial score (nSPS) is 13.6. The van der Waals surface area contributed by atoms with Crippen LogP contribution in [0.5, 0.6) is 0 Å². The van der Waals surface area contributed by atoms with E-state index in [9.17, 15) is 18.0 Å². The maximum absolute atomic E-state index is 11.5. The molecule has 0 aliphatic carbocycles. The second-order valence-corrected chi connectivity index (χ2v) is 8.28. The van der Waals surface area contributed by atoms with Crippen LogP contribution in [0.25, 0.3) is 0 Å². The molecule has 0 aromatic heterocycles. The van der Waals surface area contributed by atoms with Gasteiger partial charge < -0.3 is 15.7 Å². The Morgan fingerprint density at radius 2 is 1.80 bits per heavy atom. The summed E-state index contributed by atoms with van der Waals surface area (Å²) >= 11 is 0. The molecule has 7 nitrogen and oxygen atoms in total. The number of hydrogen-bond acceptors (Lipinski definition) is 4. The van der Waals surface area contributed by atoms with Crippen molar-refractivity contribution < 1.29 is 23.1 Å². The third-order valence-corrected chi connectivity index (χ3v) is 3.52. The van der Waals surface area contributed by atoms with Crippen LogP contribution >= 0.6 is 0 Å². The van der Waals surface area contributed by atoms with Gasteiger partial charge in [0.2, 0.25) is 0 Å². The number of nitrogens with one attached hydrogen (secondary N) is 2. The summed E-state index contributed by atoms with van der Waals surface area (Å²) in [7, 11) is -3.26. The topological polar surface area (TPSA) is 113 Å². The Morgan fingerprint density at radius 1 is 1.25 bits per heavy atom. The molecule has 0 fully saturated rings. The summed E-state index contributed by atoms with van der Waals surface area (Å²) in [4.78, 5) is 22.5. The van der Waals surface area contributed by atoms with Gasteiger partial charge in [-0.15, -0.1) is 0 Å². The lowest BCUT2D eigenvalue weighted by Gasteiger charge is -2.19. The minimum absolute atomic E-state index is 0.0652. The molecule has 0 aliphatic rings. The van der Waals surface area contributed by atoms with Gasteiger partial charge >= 0.3 is 12.0 Å². The smallest absolute Gasteiger partial charge is 0.326 e. The number of sulfone groups is 1. The zero-order valence-corrected chi connectivity index (χ0v) is 13.2. The van der Waals surface area contributed by atoms with E-state index in [0.29, 0.717) is 6.54 Å². The maximum Gasteiger partial charge on any atom is 0.326 e. The van der Waals surface area contributed by atoms with Crippen molar-refractivity contribution >= 4 is 21.8 Å². The molecular weight excluding hydrogens is 284 g/mol. The molecule has 0 heterocycles. The van der Waals surface area contributed by atoms with E-state index in [4.69, 9.17) is 5.11 Å². The number of urea groups is 1. The highest BCUT2D eigenvalue weighted by molar-refractivity contribution is 7.90. The van der Waals surface area contributed by atoms with Crippen molar-refractivity contribution in [1.29, 1.82) is 0 Å². The number of amides is 2. The number of carbonyl (C=O) groups is 2. The Balaban J connectivity index is 4.25. The van der Waals surface area contributed by atoms with Crippen molar-refractivity contribution in [3.63, 3.8) is 0 Å². The van der Waals surface area contributed by atoms with Gasteiger partial charge in [0.25, 0.3) is 0 Å². The quantitative estimate of drug-likeness (QED) is 0.638. The summed E-state index contributed by atoms with van der Waals surface area (Å²) in [5.41, 5.74) is 0.0652. The van der Waals surface area contributed by atoms with E-state index in [1.54, 1.807) is 0 Å². The van der Waals surface area contributed by atoms with Crippen LogP contribution in [0.15, 0.2) is 0 Å². The average molecular weight is 308 g/mol. The Hall–Kier alpha value is -1.31. The van der Waals surface area contributed by atoms with Crippen molar-refractivity contribution in [3.8, 4) is 0 Å². The monoisotopic (exact) mass is 308 g/mol. The van der Waals surface area contributed by atoms with Gasteiger partial charge in [0, 0.05) is 12.8 Å². The van der Waals surface area contributed by atoms with Gasteiger partial charge in [-0.05, 0) is 18.3 Å². The zero-order chi connectivity index (χ0) is 16.0. The fraction of sp³-hybridized carbons (Fsp3) is 0.833. The summed E-state index contributed by atoms with van der Waals surface area (Å²) in [6.07, 6.45) is 1.62. The molecule has 2 amide bonds. The van der Waals surface area contributed by atoms with Crippen molar-refractivity contribution in [2.45, 2.75) is 39.7 Å². The van der Waals surface area contributed by atoms with Crippen LogP contribution in [0.3, 0.4) is 0 Å². The zero-order valence-electron chi connectivity index (χ0n) is 12.4. The third-order valence-electron chi connectivity index (χ3n) is 2.54. The fourth-order valence-corrected chi connectivity index (χ4v) is 2.01. The summed E-state index contributed by atoms with van der Waals surface area (Å²) in [6, 6.07) is -1.81. The Morgan fingerprint density at radius 3 is 2.20 bits per heavy atom. The van der Waals surface area contributed by atoms with E-state index in [1.165, 1.54) is 0 Å². The molecule has 8 heteroatoms. The fourth-order valence-electron chi connectivity index (χ4n) is 1.35. The van der Waals surface area contributed by atoms with Crippen molar-refractivity contribution in [2.75, 3.05) is 18.6 Å². The standard InChI is InChI=1S/C12H24N2O5S/c1-12(2,3)6-7-13-11(17)14-9(10(15)16)5-8-20(4,18)19/h9H,5-8H2,1-4H3,(H,15,16)(H2,13,14,17). The number of carboxylic acid groups (broad SMARTS) is 1. The molecule has 20 heavy (non-hydrogen) atoms. The van der Waals surface area contributed by atoms with Crippen LogP contribution in [-0.2, 0) is 14.6 Å². The first-order valence-corrected chi connectivity index (χ1v) is 8.42. The van der Waals surface area contributed by atoms with E-state index < -0.39 is 27.9 Å². The first-order valence-electron chi connectivity index (χ1n) is 6.35. The van der Waals surface area contributed by atoms with Crippen molar-refractivity contribution in [2.24, 2.45) is 5.41 Å². The highest BCUT2D eigenvalue weighted by atomic mass is 32.2. The van der Waals surface area contributed by atoms with E-state index in [0.717, 1.165) is 12.7 Å². The van der Waals surface area contributed by atoms with Gasteiger partial charge in [-0.1, -0.05) is 20.8 Å². The van der Waals surface area contributed by atoms with Crippen LogP contribution in [0, 0.1) is 5.41 Å². The Bertz CT molecular complexity index is 439. The third kappa shape index (κ3) is 10.6. The van der Waals surface area contributed by atoms with Crippen LogP contribution in [-0.4, -0.2) is 50.1 Å². The van der Waals surface area contributed by atoms with Gasteiger partial charge in [0.15, 0.2) is 0 Å². The number of rotatable bonds is 7. The molecule has 1 unspecified atom stereocenters. The average Bonchev–Trinajstić information content (AvgIpc) is 2.20. The predicted molar refractivity (Wildman–Crippen MR) is 76.4 cm³/mol. The molecule has 0 aliphatic heterocycles. The first kappa shape index (κ1) is 18.7. The van der Waals surface area contributed by atoms with Gasteiger partial charge in [-0.2, -0.15) is 0 Å². The van der Waals surface area contributed by atoms with Crippen molar-refractivity contribution in [1.82, 2.24) is 10.6 Å². The number of hydrogen-bond donors (Lipinski definition) is 3. The second-order valence-electron chi connectivity index (χ2n) is 6.02.